The Hall–Kier alpha value is -20.9. The molecule has 0 saturated heterocycles. The van der Waals surface area contributed by atoms with Gasteiger partial charge in [0, 0.05) is 58.8 Å². The SMILES string of the molecule is [C-]#[N+]c1cc2c(N3c4ccc(CC)cc4C(C)(C)c4cc(OC)ccc43)c(C#N)c(C#N)cc2c(N2c3ccc(OC)cc3C(C)(C)c3cc(OC)ccc32)c1[N+]#[C-].[C-]#[N+]c1cc2c(N3c4ccccc4Oc4ccccc43)c(C#N)c(C#N)cc2c(N2c3ccccc3Oc3ccccc32)c1[N+]#[C-].[C-]#[N+]c1cc2c(N3c4ccccc4Sc4ccccc43)c(C#N)c(C#N)cc2c(N2c3ccccc3Sc3ccccc32)c1[N+]#[C-]. The molecule has 0 saturated carbocycles. The van der Waals surface area contributed by atoms with Gasteiger partial charge in [0.15, 0.2) is 40.1 Å². The molecule has 18 aromatic carbocycles. The summed E-state index contributed by atoms with van der Waals surface area (Å²) in [4.78, 5) is 39.5. The van der Waals surface area contributed by atoms with Crippen LogP contribution in [0.4, 0.5) is 136 Å². The summed E-state index contributed by atoms with van der Waals surface area (Å²) in [6.07, 6.45) is 0.828. The van der Waals surface area contributed by atoms with Crippen molar-refractivity contribution >= 4 is 192 Å². The molecule has 0 bridgehead atoms. The molecule has 0 radical (unpaired) electrons. The van der Waals surface area contributed by atoms with Crippen molar-refractivity contribution in [2.45, 2.75) is 71.5 Å². The first-order valence-corrected chi connectivity index (χ1v) is 49.0. The second-order valence-corrected chi connectivity index (χ2v) is 38.8. The summed E-state index contributed by atoms with van der Waals surface area (Å²) in [5.41, 5.74) is 17.9. The van der Waals surface area contributed by atoms with E-state index in [-0.39, 0.29) is 67.5 Å². The Labute approximate surface area is 873 Å². The summed E-state index contributed by atoms with van der Waals surface area (Å²) in [6.45, 7) is 60.9. The predicted octanol–water partition coefficient (Wildman–Crippen LogP) is 34.9. The molecule has 6 aliphatic rings. The first kappa shape index (κ1) is 94.0. The van der Waals surface area contributed by atoms with Crippen LogP contribution in [-0.2, 0) is 17.3 Å². The highest BCUT2D eigenvalue weighted by molar-refractivity contribution is 8.00. The van der Waals surface area contributed by atoms with E-state index in [1.54, 1.807) is 81.3 Å². The van der Waals surface area contributed by atoms with E-state index in [1.807, 2.05) is 273 Å². The largest absolute Gasteiger partial charge is 0.497 e. The van der Waals surface area contributed by atoms with E-state index < -0.39 is 10.8 Å². The minimum atomic E-state index is -0.543. The van der Waals surface area contributed by atoms with Crippen LogP contribution in [0.1, 0.15) is 95.8 Å². The molecular formula is C125H76N18O5S2. The monoisotopic (exact) mass is 1970 g/mol. The molecule has 0 aromatic heterocycles. The third-order valence-electron chi connectivity index (χ3n) is 28.2. The Morgan fingerprint density at radius 2 is 0.513 bits per heavy atom. The second-order valence-electron chi connectivity index (χ2n) is 36.6. The van der Waals surface area contributed by atoms with Gasteiger partial charge in [0.2, 0.25) is 17.1 Å². The van der Waals surface area contributed by atoms with Gasteiger partial charge >= 0.3 is 0 Å². The third kappa shape index (κ3) is 14.7. The molecule has 6 aliphatic heterocycles. The summed E-state index contributed by atoms with van der Waals surface area (Å²) in [6, 6.07) is 110. The van der Waals surface area contributed by atoms with Crippen LogP contribution in [0.3, 0.4) is 0 Å². The van der Waals surface area contributed by atoms with E-state index >= 15 is 0 Å². The van der Waals surface area contributed by atoms with Crippen LogP contribution in [-0.4, -0.2) is 21.3 Å². The zero-order chi connectivity index (χ0) is 104. The van der Waals surface area contributed by atoms with Crippen LogP contribution in [0.25, 0.3) is 61.4 Å². The number of benzene rings is 18. The summed E-state index contributed by atoms with van der Waals surface area (Å²) >= 11 is 3.29. The maximum Gasteiger partial charge on any atom is 0.218 e. The van der Waals surface area contributed by atoms with Crippen molar-refractivity contribution in [1.29, 1.82) is 31.6 Å². The number of aryl methyl sites for hydroxylation is 1. The summed E-state index contributed by atoms with van der Waals surface area (Å²) in [5, 5.41) is 67.6. The highest BCUT2D eigenvalue weighted by Crippen LogP contribution is 2.67. The lowest BCUT2D eigenvalue weighted by Gasteiger charge is -2.44. The van der Waals surface area contributed by atoms with Crippen LogP contribution >= 0.6 is 23.5 Å². The number of anilines is 18. The lowest BCUT2D eigenvalue weighted by molar-refractivity contribution is 0.411. The van der Waals surface area contributed by atoms with Gasteiger partial charge in [0.05, 0.1) is 168 Å². The Morgan fingerprint density at radius 1 is 0.273 bits per heavy atom. The smallest absolute Gasteiger partial charge is 0.218 e. The zero-order valence-electron chi connectivity index (χ0n) is 81.5. The summed E-state index contributed by atoms with van der Waals surface area (Å²) < 4.78 is 29.7. The van der Waals surface area contributed by atoms with Gasteiger partial charge in [-0.25, -0.2) is 29.1 Å². The molecule has 0 spiro atoms. The number of rotatable bonds is 10. The lowest BCUT2D eigenvalue weighted by Crippen LogP contribution is -2.31. The van der Waals surface area contributed by atoms with E-state index in [2.05, 4.69) is 123 Å². The number of para-hydroxylation sites is 12. The second kappa shape index (κ2) is 37.5. The molecule has 708 valence electrons. The van der Waals surface area contributed by atoms with Crippen molar-refractivity contribution < 1.29 is 23.7 Å². The Morgan fingerprint density at radius 3 is 0.787 bits per heavy atom. The van der Waals surface area contributed by atoms with Gasteiger partial charge in [-0.1, -0.05) is 186 Å². The molecule has 0 aliphatic carbocycles. The Bertz CT molecular complexity index is 8380. The van der Waals surface area contributed by atoms with Crippen molar-refractivity contribution in [2.75, 3.05) is 50.7 Å². The molecule has 18 aromatic rings. The van der Waals surface area contributed by atoms with Crippen molar-refractivity contribution in [3.8, 4) is 76.7 Å². The molecule has 0 atom stereocenters. The normalized spacial score (nSPS) is 13.0. The van der Waals surface area contributed by atoms with Crippen molar-refractivity contribution in [3.05, 3.63) is 433 Å². The van der Waals surface area contributed by atoms with Crippen molar-refractivity contribution in [2.24, 2.45) is 0 Å². The van der Waals surface area contributed by atoms with Gasteiger partial charge in [-0.15, -0.1) is 0 Å². The fraction of sp³-hybridized carbons (Fsp3) is 0.0880. The van der Waals surface area contributed by atoms with E-state index in [0.717, 1.165) is 99.3 Å². The van der Waals surface area contributed by atoms with Gasteiger partial charge < -0.3 is 53.1 Å². The standard InChI is InChI=1S/C49H40N6O3.C38H18N6O2.C38H18N6S2/c1-11-28-12-16-41-36(20-28)48(2,3)37-22-30(56-8)13-17-42(37)54(41)46-34-25-40(52-6)45(53-7)47(33(34)21-29(26-50)35(46)27-51)55-43-18-14-31(57-9)23-38(43)49(4,5)39-24-32(58-10)15-19-44(39)55;2*1-41-27-20-25-24(38(36(27)42-2)44-30-13-5-9-17-34(30)46-35-18-10-6-14-31(35)44)19-23(21-39)26(22-40)37(25)43-28-11-3-7-15-32(28)45-33-16-8-4-12-29(33)43/h12-25H,11H2,1-5,8-10H3;2*3-20H. The molecule has 0 unspecified atom stereocenters. The predicted molar refractivity (Wildman–Crippen MR) is 587 cm³/mol. The molecule has 25 heteroatoms. The average molecular weight is 1970 g/mol. The van der Waals surface area contributed by atoms with Crippen LogP contribution < -0.4 is 53.1 Å². The van der Waals surface area contributed by atoms with Gasteiger partial charge in [-0.2, -0.15) is 31.6 Å². The van der Waals surface area contributed by atoms with Gasteiger partial charge in [0.25, 0.3) is 0 Å². The van der Waals surface area contributed by atoms with Gasteiger partial charge in [-0.3, -0.25) is 0 Å². The minimum Gasteiger partial charge on any atom is -0.497 e. The molecule has 0 amide bonds. The maximum absolute atomic E-state index is 11.1. The minimum absolute atomic E-state index is 0.114. The molecule has 0 N–H and O–H groups in total. The van der Waals surface area contributed by atoms with Crippen LogP contribution in [0, 0.1) is 107 Å². The third-order valence-corrected chi connectivity index (χ3v) is 30.5. The molecule has 0 fully saturated rings. The topological polar surface area (TPSA) is 234 Å². The number of nitriles is 6. The number of nitrogens with zero attached hydrogens (tertiary/aromatic N) is 18. The van der Waals surface area contributed by atoms with Gasteiger partial charge in [0.1, 0.15) is 53.7 Å². The number of methoxy groups -OCH3 is 3. The molecule has 150 heavy (non-hydrogen) atoms. The molecule has 24 rings (SSSR count). The number of fused-ring (bicyclic) bond motifs is 15. The number of hydrogen-bond donors (Lipinski definition) is 0. The van der Waals surface area contributed by atoms with E-state index in [4.69, 9.17) is 63.1 Å². The number of ether oxygens (including phenoxy) is 5. The first-order valence-electron chi connectivity index (χ1n) is 47.4. The van der Waals surface area contributed by atoms with Crippen molar-refractivity contribution in [1.82, 2.24) is 0 Å². The van der Waals surface area contributed by atoms with E-state index in [9.17, 15) is 31.6 Å². The Balaban J connectivity index is 0.000000128. The lowest BCUT2D eigenvalue weighted by atomic mass is 9.72. The average Bonchev–Trinajstić information content (AvgIpc) is 0.698. The van der Waals surface area contributed by atoms with Crippen LogP contribution in [0.15, 0.2) is 323 Å². The maximum atomic E-state index is 11.1. The van der Waals surface area contributed by atoms with E-state index in [0.29, 0.717) is 129 Å². The zero-order valence-corrected chi connectivity index (χ0v) is 83.1. The molecular weight excluding hydrogens is 1900 g/mol. The summed E-state index contributed by atoms with van der Waals surface area (Å²) in [7, 11) is 4.90. The molecule has 23 nitrogen and oxygen atoms in total. The first-order chi connectivity index (χ1) is 73.2. The fourth-order valence-corrected chi connectivity index (χ4v) is 23.4. The Kier molecular flexibility index (Phi) is 23.5. The van der Waals surface area contributed by atoms with Crippen molar-refractivity contribution in [3.63, 3.8) is 0 Å². The fourth-order valence-electron chi connectivity index (χ4n) is 21.3. The van der Waals surface area contributed by atoms with Crippen LogP contribution in [0.2, 0.25) is 0 Å². The summed E-state index contributed by atoms with van der Waals surface area (Å²) in [5.74, 6) is 4.32. The number of hydrogen-bond acceptors (Lipinski definition) is 19. The highest BCUT2D eigenvalue weighted by Gasteiger charge is 2.45. The van der Waals surface area contributed by atoms with Gasteiger partial charge in [-0.05, 0) is 242 Å². The quantitative estimate of drug-likeness (QED) is 0.116. The molecule has 6 heterocycles. The van der Waals surface area contributed by atoms with E-state index in [1.165, 1.54) is 0 Å². The van der Waals surface area contributed by atoms with Crippen LogP contribution in [0.5, 0.6) is 40.2 Å². The highest BCUT2D eigenvalue weighted by atomic mass is 32.2.